The van der Waals surface area contributed by atoms with Crippen LogP contribution >= 0.6 is 0 Å². The van der Waals surface area contributed by atoms with Crippen molar-refractivity contribution in [1.29, 1.82) is 0 Å². The lowest BCUT2D eigenvalue weighted by atomic mass is 10.2. The molecule has 2 nitrogen and oxygen atoms in total. The largest absolute Gasteiger partial charge is 0.418 e. The number of hydrogen-bond donors (Lipinski definition) is 1. The van der Waals surface area contributed by atoms with Gasteiger partial charge in [-0.05, 0) is 17.7 Å². The average molecular weight is 264 g/mol. The highest BCUT2D eigenvalue weighted by atomic mass is 19.4. The molecule has 0 unspecified atom stereocenters. The molecular weight excluding hydrogens is 253 g/mol. The first kappa shape index (κ1) is 13.1. The Morgan fingerprint density at radius 1 is 0.895 bits per heavy atom. The summed E-state index contributed by atoms with van der Waals surface area (Å²) in [6.07, 6.45) is -2.93. The van der Waals surface area contributed by atoms with E-state index in [1.807, 2.05) is 18.2 Å². The molecule has 0 atom stereocenters. The molecule has 19 heavy (non-hydrogen) atoms. The van der Waals surface area contributed by atoms with Crippen LogP contribution < -0.4 is 5.43 Å². The molecule has 0 aliphatic rings. The first-order valence-electron chi connectivity index (χ1n) is 5.58. The summed E-state index contributed by atoms with van der Waals surface area (Å²) in [6, 6.07) is 14.3. The quantitative estimate of drug-likeness (QED) is 0.653. The minimum atomic E-state index is -4.40. The topological polar surface area (TPSA) is 24.4 Å². The van der Waals surface area contributed by atoms with Crippen LogP contribution in [-0.2, 0) is 6.18 Å². The van der Waals surface area contributed by atoms with Crippen LogP contribution in [0.1, 0.15) is 11.1 Å². The number of anilines is 1. The van der Waals surface area contributed by atoms with Gasteiger partial charge in [-0.15, -0.1) is 0 Å². The molecule has 0 heterocycles. The van der Waals surface area contributed by atoms with Crippen molar-refractivity contribution in [3.05, 3.63) is 65.7 Å². The van der Waals surface area contributed by atoms with Gasteiger partial charge in [0.2, 0.25) is 0 Å². The number of rotatable bonds is 3. The monoisotopic (exact) mass is 264 g/mol. The van der Waals surface area contributed by atoms with Gasteiger partial charge < -0.3 is 0 Å². The van der Waals surface area contributed by atoms with E-state index in [1.54, 1.807) is 12.1 Å². The van der Waals surface area contributed by atoms with E-state index in [-0.39, 0.29) is 5.69 Å². The Labute approximate surface area is 108 Å². The summed E-state index contributed by atoms with van der Waals surface area (Å²) in [6.45, 7) is 0. The molecule has 5 heteroatoms. The predicted molar refractivity (Wildman–Crippen MR) is 69.1 cm³/mol. The third-order valence-corrected chi connectivity index (χ3v) is 2.43. The number of nitrogens with one attached hydrogen (secondary N) is 1. The molecule has 2 aromatic carbocycles. The van der Waals surface area contributed by atoms with Crippen molar-refractivity contribution in [2.45, 2.75) is 6.18 Å². The lowest BCUT2D eigenvalue weighted by molar-refractivity contribution is -0.136. The van der Waals surface area contributed by atoms with Gasteiger partial charge >= 0.3 is 6.18 Å². The first-order valence-corrected chi connectivity index (χ1v) is 5.58. The van der Waals surface area contributed by atoms with Crippen LogP contribution in [0.4, 0.5) is 18.9 Å². The Morgan fingerprint density at radius 3 is 2.21 bits per heavy atom. The zero-order valence-electron chi connectivity index (χ0n) is 9.85. The number of halogens is 3. The highest BCUT2D eigenvalue weighted by Crippen LogP contribution is 2.34. The molecule has 0 spiro atoms. The van der Waals surface area contributed by atoms with Crippen LogP contribution in [0.3, 0.4) is 0 Å². The summed E-state index contributed by atoms with van der Waals surface area (Å²) < 4.78 is 38.1. The number of alkyl halides is 3. The number of nitrogens with zero attached hydrogens (tertiary/aromatic N) is 1. The Kier molecular flexibility index (Phi) is 3.85. The molecule has 1 N–H and O–H groups in total. The van der Waals surface area contributed by atoms with E-state index in [1.165, 1.54) is 24.4 Å². The summed E-state index contributed by atoms with van der Waals surface area (Å²) in [7, 11) is 0. The van der Waals surface area contributed by atoms with Gasteiger partial charge in [-0.3, -0.25) is 5.43 Å². The van der Waals surface area contributed by atoms with Crippen LogP contribution in [0.25, 0.3) is 0 Å². The fourth-order valence-electron chi connectivity index (χ4n) is 1.54. The van der Waals surface area contributed by atoms with Crippen molar-refractivity contribution in [1.82, 2.24) is 0 Å². The standard InChI is InChI=1S/C14H11F3N2/c15-14(16,17)12-8-4-5-9-13(12)19-18-10-11-6-2-1-3-7-11/h1-10,19H. The Hall–Kier alpha value is -2.30. The summed E-state index contributed by atoms with van der Waals surface area (Å²) in [5.41, 5.74) is 2.42. The lowest BCUT2D eigenvalue weighted by Crippen LogP contribution is -2.08. The van der Waals surface area contributed by atoms with E-state index in [4.69, 9.17) is 0 Å². The molecule has 0 aliphatic heterocycles. The number of benzene rings is 2. The Balaban J connectivity index is 2.14. The maximum atomic E-state index is 12.7. The lowest BCUT2D eigenvalue weighted by Gasteiger charge is -2.11. The van der Waals surface area contributed by atoms with Crippen LogP contribution in [0, 0.1) is 0 Å². The molecule has 0 amide bonds. The van der Waals surface area contributed by atoms with E-state index in [2.05, 4.69) is 10.5 Å². The van der Waals surface area contributed by atoms with Crippen molar-refractivity contribution >= 4 is 11.9 Å². The summed E-state index contributed by atoms with van der Waals surface area (Å²) >= 11 is 0. The van der Waals surface area contributed by atoms with Crippen molar-refractivity contribution in [2.75, 3.05) is 5.43 Å². The van der Waals surface area contributed by atoms with E-state index < -0.39 is 11.7 Å². The molecule has 98 valence electrons. The second-order valence-electron chi connectivity index (χ2n) is 3.82. The Bertz CT molecular complexity index is 562. The van der Waals surface area contributed by atoms with E-state index >= 15 is 0 Å². The Morgan fingerprint density at radius 2 is 1.53 bits per heavy atom. The summed E-state index contributed by atoms with van der Waals surface area (Å²) in [4.78, 5) is 0. The fourth-order valence-corrected chi connectivity index (χ4v) is 1.54. The van der Waals surface area contributed by atoms with Crippen molar-refractivity contribution in [3.63, 3.8) is 0 Å². The molecule has 2 rings (SSSR count). The third-order valence-electron chi connectivity index (χ3n) is 2.43. The van der Waals surface area contributed by atoms with Crippen LogP contribution in [0.15, 0.2) is 59.7 Å². The minimum Gasteiger partial charge on any atom is -0.278 e. The zero-order valence-corrected chi connectivity index (χ0v) is 9.85. The van der Waals surface area contributed by atoms with Gasteiger partial charge in [-0.2, -0.15) is 18.3 Å². The minimum absolute atomic E-state index is 0.0674. The van der Waals surface area contributed by atoms with Gasteiger partial charge in [0.05, 0.1) is 17.5 Å². The van der Waals surface area contributed by atoms with Gasteiger partial charge in [-0.25, -0.2) is 0 Å². The SMILES string of the molecule is FC(F)(F)c1ccccc1NN=Cc1ccccc1. The van der Waals surface area contributed by atoms with Crippen molar-refractivity contribution in [2.24, 2.45) is 5.10 Å². The maximum Gasteiger partial charge on any atom is 0.418 e. The van der Waals surface area contributed by atoms with Crippen molar-refractivity contribution < 1.29 is 13.2 Å². The molecule has 0 saturated carbocycles. The number of hydrazone groups is 1. The fraction of sp³-hybridized carbons (Fsp3) is 0.0714. The first-order chi connectivity index (χ1) is 9.07. The predicted octanol–water partition coefficient (Wildman–Crippen LogP) is 4.15. The van der Waals surface area contributed by atoms with E-state index in [0.717, 1.165) is 11.6 Å². The average Bonchev–Trinajstić information content (AvgIpc) is 2.39. The molecule has 0 aromatic heterocycles. The molecule has 0 saturated heterocycles. The van der Waals surface area contributed by atoms with Gasteiger partial charge in [-0.1, -0.05) is 42.5 Å². The van der Waals surface area contributed by atoms with Crippen LogP contribution in [0.5, 0.6) is 0 Å². The molecule has 0 radical (unpaired) electrons. The normalized spacial score (nSPS) is 11.7. The molecule has 0 aliphatic carbocycles. The second-order valence-corrected chi connectivity index (χ2v) is 3.82. The van der Waals surface area contributed by atoms with Gasteiger partial charge in [0, 0.05) is 0 Å². The zero-order chi connectivity index (χ0) is 13.7. The summed E-state index contributed by atoms with van der Waals surface area (Å²) in [5.74, 6) is 0. The molecule has 2 aromatic rings. The molecule has 0 fully saturated rings. The van der Waals surface area contributed by atoms with E-state index in [9.17, 15) is 13.2 Å². The van der Waals surface area contributed by atoms with Crippen LogP contribution in [0.2, 0.25) is 0 Å². The highest BCUT2D eigenvalue weighted by molar-refractivity contribution is 5.80. The van der Waals surface area contributed by atoms with E-state index in [0.29, 0.717) is 0 Å². The molecular formula is C14H11F3N2. The third kappa shape index (κ3) is 3.58. The highest BCUT2D eigenvalue weighted by Gasteiger charge is 2.33. The number of para-hydroxylation sites is 1. The smallest absolute Gasteiger partial charge is 0.278 e. The van der Waals surface area contributed by atoms with Gasteiger partial charge in [0.25, 0.3) is 0 Å². The molecule has 0 bridgehead atoms. The van der Waals surface area contributed by atoms with Crippen molar-refractivity contribution in [3.8, 4) is 0 Å². The maximum absolute atomic E-state index is 12.7. The number of hydrogen-bond acceptors (Lipinski definition) is 2. The van der Waals surface area contributed by atoms with Crippen LogP contribution in [-0.4, -0.2) is 6.21 Å². The second kappa shape index (κ2) is 5.56. The van der Waals surface area contributed by atoms with Gasteiger partial charge in [0.1, 0.15) is 0 Å². The summed E-state index contributed by atoms with van der Waals surface area (Å²) in [5, 5.41) is 3.81. The van der Waals surface area contributed by atoms with Gasteiger partial charge in [0.15, 0.2) is 0 Å².